The first-order valence-corrected chi connectivity index (χ1v) is 10.1. The summed E-state index contributed by atoms with van der Waals surface area (Å²) < 4.78 is 22.3. The van der Waals surface area contributed by atoms with Crippen molar-refractivity contribution < 1.29 is 9.13 Å². The van der Waals surface area contributed by atoms with Crippen LogP contribution in [0.5, 0.6) is 0 Å². The Kier molecular flexibility index (Phi) is 4.91. The molecule has 2 atom stereocenters. The Labute approximate surface area is 179 Å². The number of aromatic nitrogens is 2. The highest BCUT2D eigenvalue weighted by atomic mass is 19.1. The number of nitrogens with one attached hydrogen (secondary N) is 2. The van der Waals surface area contributed by atoms with E-state index in [2.05, 4.69) is 32.7 Å². The Morgan fingerprint density at radius 2 is 2.03 bits per heavy atom. The quantitative estimate of drug-likeness (QED) is 0.681. The van der Waals surface area contributed by atoms with Crippen molar-refractivity contribution in [2.45, 2.75) is 19.1 Å². The van der Waals surface area contributed by atoms with Crippen LogP contribution >= 0.6 is 0 Å². The molecular formula is C23H23FN6O. The Morgan fingerprint density at radius 3 is 2.77 bits per heavy atom. The molecule has 8 heteroatoms. The molecule has 0 aliphatic carbocycles. The zero-order valence-electron chi connectivity index (χ0n) is 17.3. The van der Waals surface area contributed by atoms with E-state index in [9.17, 15) is 4.39 Å². The van der Waals surface area contributed by atoms with Crippen molar-refractivity contribution in [3.8, 4) is 5.69 Å². The van der Waals surface area contributed by atoms with Crippen LogP contribution in [0, 0.1) is 12.7 Å². The van der Waals surface area contributed by atoms with Gasteiger partial charge in [-0.15, -0.1) is 0 Å². The number of likely N-dealkylation sites (N-methyl/N-ethyl adjacent to an activating group) is 1. The van der Waals surface area contributed by atoms with E-state index < -0.39 is 0 Å². The monoisotopic (exact) mass is 418 g/mol. The highest BCUT2D eigenvalue weighted by Crippen LogP contribution is 2.32. The largest absolute Gasteiger partial charge is 0.491 e. The molecule has 0 spiro atoms. The molecule has 2 unspecified atom stereocenters. The number of nitrogens with zero attached hydrogens (tertiary/aromatic N) is 4. The number of imidazole rings is 1. The van der Waals surface area contributed by atoms with Gasteiger partial charge in [-0.05, 0) is 37.7 Å². The standard InChI is InChI=1S/C23H23FN6O/c1-15-12-30(14-26-15)19-9-8-17(10-18(19)24)27-23-25-11-21-22(28-23)29(2)20(13-31-21)16-6-4-3-5-7-16/h3-12,14,20,22H,13H2,1-2H3,(H2,25,27,28). The van der Waals surface area contributed by atoms with Gasteiger partial charge in [-0.1, -0.05) is 30.3 Å². The molecule has 1 fully saturated rings. The minimum atomic E-state index is -0.350. The second kappa shape index (κ2) is 7.88. The normalized spacial score (nSPS) is 20.7. The number of hydrogen-bond acceptors (Lipinski definition) is 6. The number of aliphatic imine (C=N–C) groups is 1. The summed E-state index contributed by atoms with van der Waals surface area (Å²) in [7, 11) is 2.03. The topological polar surface area (TPSA) is 66.7 Å². The summed E-state index contributed by atoms with van der Waals surface area (Å²) in [6.07, 6.45) is 4.92. The number of fused-ring (bicyclic) bond motifs is 1. The lowest BCUT2D eigenvalue weighted by atomic mass is 10.0. The number of halogens is 1. The number of morpholine rings is 1. The molecule has 3 aromatic rings. The molecule has 1 saturated heterocycles. The molecule has 31 heavy (non-hydrogen) atoms. The molecule has 0 bridgehead atoms. The van der Waals surface area contributed by atoms with Crippen LogP contribution < -0.4 is 10.6 Å². The first-order chi connectivity index (χ1) is 15.1. The predicted octanol–water partition coefficient (Wildman–Crippen LogP) is 3.56. The van der Waals surface area contributed by atoms with E-state index in [4.69, 9.17) is 9.73 Å². The second-order valence-electron chi connectivity index (χ2n) is 7.66. The van der Waals surface area contributed by atoms with Crippen molar-refractivity contribution in [3.63, 3.8) is 0 Å². The summed E-state index contributed by atoms with van der Waals surface area (Å²) in [5.74, 6) is 0.943. The highest BCUT2D eigenvalue weighted by Gasteiger charge is 2.35. The minimum Gasteiger partial charge on any atom is -0.491 e. The molecule has 2 N–H and O–H groups in total. The van der Waals surface area contributed by atoms with Gasteiger partial charge in [0.1, 0.15) is 12.4 Å². The van der Waals surface area contributed by atoms with Crippen molar-refractivity contribution in [2.75, 3.05) is 19.0 Å². The highest BCUT2D eigenvalue weighted by molar-refractivity contribution is 5.95. The van der Waals surface area contributed by atoms with Crippen LogP contribution in [-0.2, 0) is 4.74 Å². The maximum Gasteiger partial charge on any atom is 0.202 e. The SMILES string of the molecule is Cc1cn(-c2ccc(NC3=NC4C(=CN3)OCC(c3ccccc3)N4C)cc2F)cn1. The van der Waals surface area contributed by atoms with Gasteiger partial charge in [0, 0.05) is 18.1 Å². The first-order valence-electron chi connectivity index (χ1n) is 10.1. The fourth-order valence-corrected chi connectivity index (χ4v) is 3.87. The summed E-state index contributed by atoms with van der Waals surface area (Å²) in [5, 5.41) is 6.26. The van der Waals surface area contributed by atoms with E-state index in [0.29, 0.717) is 23.9 Å². The zero-order chi connectivity index (χ0) is 21.4. The molecule has 0 saturated carbocycles. The van der Waals surface area contributed by atoms with Gasteiger partial charge in [0.15, 0.2) is 11.9 Å². The fraction of sp³-hybridized carbons (Fsp3) is 0.217. The Bertz CT molecular complexity index is 1160. The van der Waals surface area contributed by atoms with Gasteiger partial charge >= 0.3 is 0 Å². The van der Waals surface area contributed by atoms with Crippen LogP contribution in [0.4, 0.5) is 10.1 Å². The van der Waals surface area contributed by atoms with Gasteiger partial charge in [0.05, 0.1) is 23.8 Å². The summed E-state index contributed by atoms with van der Waals surface area (Å²) in [6, 6.07) is 15.3. The Balaban J connectivity index is 1.34. The Hall–Kier alpha value is -3.65. The van der Waals surface area contributed by atoms with Crippen molar-refractivity contribution in [3.05, 3.63) is 90.1 Å². The number of benzene rings is 2. The van der Waals surface area contributed by atoms with E-state index in [0.717, 1.165) is 11.5 Å². The molecule has 7 nitrogen and oxygen atoms in total. The average Bonchev–Trinajstić information content (AvgIpc) is 3.21. The van der Waals surface area contributed by atoms with Crippen molar-refractivity contribution >= 4 is 11.6 Å². The van der Waals surface area contributed by atoms with Crippen LogP contribution in [0.3, 0.4) is 0 Å². The smallest absolute Gasteiger partial charge is 0.202 e. The third kappa shape index (κ3) is 3.77. The molecule has 5 rings (SSSR count). The summed E-state index contributed by atoms with van der Waals surface area (Å²) >= 11 is 0. The van der Waals surface area contributed by atoms with Crippen molar-refractivity contribution in [2.24, 2.45) is 4.99 Å². The van der Waals surface area contributed by atoms with Gasteiger partial charge in [0.25, 0.3) is 0 Å². The molecule has 2 aromatic carbocycles. The number of anilines is 1. The molecule has 0 radical (unpaired) electrons. The third-order valence-electron chi connectivity index (χ3n) is 5.53. The lowest BCUT2D eigenvalue weighted by Gasteiger charge is -2.40. The van der Waals surface area contributed by atoms with Gasteiger partial charge in [-0.2, -0.15) is 0 Å². The third-order valence-corrected chi connectivity index (χ3v) is 5.53. The second-order valence-corrected chi connectivity index (χ2v) is 7.66. The number of ether oxygens (including phenoxy) is 1. The van der Waals surface area contributed by atoms with E-state index in [-0.39, 0.29) is 18.0 Å². The summed E-state index contributed by atoms with van der Waals surface area (Å²) in [5.41, 5.74) is 3.05. The fourth-order valence-electron chi connectivity index (χ4n) is 3.87. The molecule has 2 aliphatic heterocycles. The van der Waals surface area contributed by atoms with Crippen LogP contribution in [0.15, 0.2) is 78.0 Å². The maximum absolute atomic E-state index is 14.7. The summed E-state index contributed by atoms with van der Waals surface area (Å²) in [6.45, 7) is 2.43. The predicted molar refractivity (Wildman–Crippen MR) is 117 cm³/mol. The molecule has 158 valence electrons. The van der Waals surface area contributed by atoms with E-state index >= 15 is 0 Å². The van der Waals surface area contributed by atoms with Gasteiger partial charge in [0.2, 0.25) is 5.96 Å². The lowest BCUT2D eigenvalue weighted by Crippen LogP contribution is -2.47. The molecule has 0 amide bonds. The number of rotatable bonds is 3. The van der Waals surface area contributed by atoms with E-state index in [1.54, 1.807) is 29.4 Å². The van der Waals surface area contributed by atoms with Crippen LogP contribution in [-0.4, -0.2) is 40.2 Å². The number of aryl methyl sites for hydroxylation is 1. The lowest BCUT2D eigenvalue weighted by molar-refractivity contribution is 0.0154. The summed E-state index contributed by atoms with van der Waals surface area (Å²) in [4.78, 5) is 11.1. The molecule has 2 aliphatic rings. The van der Waals surface area contributed by atoms with E-state index in [1.807, 2.05) is 38.2 Å². The molecule has 3 heterocycles. The van der Waals surface area contributed by atoms with Crippen LogP contribution in [0.2, 0.25) is 0 Å². The van der Waals surface area contributed by atoms with Gasteiger partial charge in [-0.3, -0.25) is 4.90 Å². The first kappa shape index (κ1) is 19.3. The average molecular weight is 418 g/mol. The number of hydrogen-bond donors (Lipinski definition) is 2. The van der Waals surface area contributed by atoms with Crippen molar-refractivity contribution in [1.82, 2.24) is 19.8 Å². The van der Waals surface area contributed by atoms with Crippen LogP contribution in [0.25, 0.3) is 5.69 Å². The maximum atomic E-state index is 14.7. The van der Waals surface area contributed by atoms with Crippen LogP contribution in [0.1, 0.15) is 17.3 Å². The van der Waals surface area contributed by atoms with Gasteiger partial charge < -0.3 is 19.9 Å². The van der Waals surface area contributed by atoms with Gasteiger partial charge in [-0.25, -0.2) is 14.4 Å². The molecule has 1 aromatic heterocycles. The zero-order valence-corrected chi connectivity index (χ0v) is 17.3. The van der Waals surface area contributed by atoms with Crippen molar-refractivity contribution in [1.29, 1.82) is 0 Å². The minimum absolute atomic E-state index is 0.0989. The number of guanidine groups is 1. The van der Waals surface area contributed by atoms with E-state index in [1.165, 1.54) is 11.6 Å². The Morgan fingerprint density at radius 1 is 1.19 bits per heavy atom. The molecular weight excluding hydrogens is 395 g/mol.